The maximum Gasteiger partial charge on any atom is 0.162 e. The molecule has 1 aromatic heterocycles. The van der Waals surface area contributed by atoms with E-state index in [1.165, 1.54) is 11.1 Å². The molecule has 0 radical (unpaired) electrons. The van der Waals surface area contributed by atoms with E-state index in [2.05, 4.69) is 27.0 Å². The van der Waals surface area contributed by atoms with Crippen LogP contribution in [-0.2, 0) is 13.0 Å². The van der Waals surface area contributed by atoms with E-state index in [-0.39, 0.29) is 0 Å². The Morgan fingerprint density at radius 2 is 1.70 bits per heavy atom. The topological polar surface area (TPSA) is 73.5 Å². The van der Waals surface area contributed by atoms with Crippen LogP contribution in [0.2, 0.25) is 0 Å². The van der Waals surface area contributed by atoms with E-state index in [1.807, 2.05) is 32.0 Å². The van der Waals surface area contributed by atoms with Gasteiger partial charge in [-0.15, -0.1) is 0 Å². The molecule has 6 nitrogen and oxygen atoms in total. The number of benzene rings is 2. The molecule has 2 heterocycles. The molecule has 142 valence electrons. The summed E-state index contributed by atoms with van der Waals surface area (Å²) in [5, 5.41) is 0.951. The van der Waals surface area contributed by atoms with Crippen LogP contribution in [0.3, 0.4) is 0 Å². The average molecular weight is 366 g/mol. The predicted molar refractivity (Wildman–Crippen MR) is 110 cm³/mol. The third-order valence-corrected chi connectivity index (χ3v) is 4.66. The number of rotatable bonds is 3. The van der Waals surface area contributed by atoms with Crippen molar-refractivity contribution in [3.8, 4) is 11.5 Å². The average Bonchev–Trinajstić information content (AvgIpc) is 2.73. The van der Waals surface area contributed by atoms with Crippen LogP contribution in [0.4, 0.5) is 11.5 Å². The second-order valence-electron chi connectivity index (χ2n) is 6.12. The van der Waals surface area contributed by atoms with Crippen molar-refractivity contribution in [2.45, 2.75) is 26.8 Å². The molecule has 4 rings (SSSR count). The van der Waals surface area contributed by atoms with Gasteiger partial charge in [0.2, 0.25) is 0 Å². The normalized spacial score (nSPS) is 12.8. The second-order valence-corrected chi connectivity index (χ2v) is 6.12. The first kappa shape index (κ1) is 18.8. The molecule has 0 atom stereocenters. The number of aromatic nitrogens is 2. The summed E-state index contributed by atoms with van der Waals surface area (Å²) in [6.45, 7) is 5.68. The molecule has 0 aliphatic carbocycles. The Morgan fingerprint density at radius 3 is 2.44 bits per heavy atom. The summed E-state index contributed by atoms with van der Waals surface area (Å²) in [7, 11) is 3.25. The maximum absolute atomic E-state index is 5.95. The summed E-state index contributed by atoms with van der Waals surface area (Å²) in [4.78, 5) is 11.2. The molecule has 2 aromatic carbocycles. The van der Waals surface area contributed by atoms with Crippen molar-refractivity contribution in [3.63, 3.8) is 0 Å². The van der Waals surface area contributed by atoms with Crippen molar-refractivity contribution in [2.75, 3.05) is 31.4 Å². The summed E-state index contributed by atoms with van der Waals surface area (Å²) in [6, 6.07) is 9.96. The van der Waals surface area contributed by atoms with Gasteiger partial charge in [-0.05, 0) is 35.7 Å². The first-order valence-electron chi connectivity index (χ1n) is 9.18. The lowest BCUT2D eigenvalue weighted by atomic mass is 9.99. The fourth-order valence-electron chi connectivity index (χ4n) is 3.38. The van der Waals surface area contributed by atoms with Crippen molar-refractivity contribution >= 4 is 22.4 Å². The van der Waals surface area contributed by atoms with E-state index < -0.39 is 0 Å². The Kier molecular flexibility index (Phi) is 5.64. The molecular weight excluding hydrogens is 340 g/mol. The Morgan fingerprint density at radius 1 is 0.963 bits per heavy atom. The molecule has 1 aliphatic rings. The Hall–Kier alpha value is -3.02. The lowest BCUT2D eigenvalue weighted by molar-refractivity contribution is 0.356. The highest BCUT2D eigenvalue weighted by Gasteiger charge is 2.20. The zero-order valence-corrected chi connectivity index (χ0v) is 16.3. The van der Waals surface area contributed by atoms with Crippen LogP contribution < -0.4 is 20.1 Å². The molecule has 0 saturated carbocycles. The molecule has 6 heteroatoms. The zero-order chi connectivity index (χ0) is 19.4. The standard InChI is InChI=1S/C19H20N4O2.C2H6/c1-24-17-8-15-16(9-18(17)25-2)21-11-22-19(15)23-6-5-12-3-4-14(20)7-13(12)10-23;1-2/h3-4,7-9,11H,5-6,10,20H2,1-2H3;1-2H3. The molecule has 2 N–H and O–H groups in total. The van der Waals surface area contributed by atoms with Crippen molar-refractivity contribution < 1.29 is 9.47 Å². The summed E-state index contributed by atoms with van der Waals surface area (Å²) >= 11 is 0. The van der Waals surface area contributed by atoms with E-state index in [9.17, 15) is 0 Å². The molecule has 1 aliphatic heterocycles. The highest BCUT2D eigenvalue weighted by atomic mass is 16.5. The quantitative estimate of drug-likeness (QED) is 0.711. The SMILES string of the molecule is CC.COc1cc2ncnc(N3CCc4ccc(N)cc4C3)c2cc1OC. The van der Waals surface area contributed by atoms with Gasteiger partial charge in [0.25, 0.3) is 0 Å². The molecule has 0 unspecified atom stereocenters. The van der Waals surface area contributed by atoms with E-state index in [0.29, 0.717) is 11.5 Å². The van der Waals surface area contributed by atoms with Crippen LogP contribution in [0.1, 0.15) is 25.0 Å². The van der Waals surface area contributed by atoms with Gasteiger partial charge in [-0.1, -0.05) is 19.9 Å². The number of nitrogen functional groups attached to an aromatic ring is 1. The molecule has 0 saturated heterocycles. The van der Waals surface area contributed by atoms with Crippen LogP contribution in [0.5, 0.6) is 11.5 Å². The minimum atomic E-state index is 0.663. The fourth-order valence-corrected chi connectivity index (χ4v) is 3.38. The molecular formula is C21H26N4O2. The third kappa shape index (κ3) is 3.60. The maximum atomic E-state index is 5.95. The minimum Gasteiger partial charge on any atom is -0.493 e. The van der Waals surface area contributed by atoms with Gasteiger partial charge in [0.1, 0.15) is 12.1 Å². The number of nitrogens with zero attached hydrogens (tertiary/aromatic N) is 3. The monoisotopic (exact) mass is 366 g/mol. The van der Waals surface area contributed by atoms with Gasteiger partial charge in [-0.3, -0.25) is 0 Å². The van der Waals surface area contributed by atoms with Crippen molar-refractivity contribution in [2.24, 2.45) is 0 Å². The van der Waals surface area contributed by atoms with E-state index >= 15 is 0 Å². The van der Waals surface area contributed by atoms with E-state index in [1.54, 1.807) is 20.5 Å². The summed E-state index contributed by atoms with van der Waals surface area (Å²) < 4.78 is 10.8. The van der Waals surface area contributed by atoms with Crippen LogP contribution in [0, 0.1) is 0 Å². The van der Waals surface area contributed by atoms with Crippen LogP contribution >= 0.6 is 0 Å². The van der Waals surface area contributed by atoms with Gasteiger partial charge in [0.15, 0.2) is 11.5 Å². The Balaban J connectivity index is 0.00000102. The summed E-state index contributed by atoms with van der Waals surface area (Å²) in [6.07, 6.45) is 2.56. The summed E-state index contributed by atoms with van der Waals surface area (Å²) in [5.74, 6) is 2.24. The van der Waals surface area contributed by atoms with Gasteiger partial charge in [-0.2, -0.15) is 0 Å². The summed E-state index contributed by atoms with van der Waals surface area (Å²) in [5.41, 5.74) is 10.2. The first-order valence-corrected chi connectivity index (χ1v) is 9.18. The highest BCUT2D eigenvalue weighted by molar-refractivity contribution is 5.92. The van der Waals surface area contributed by atoms with Crippen molar-refractivity contribution in [1.29, 1.82) is 0 Å². The molecule has 0 spiro atoms. The van der Waals surface area contributed by atoms with Crippen molar-refractivity contribution in [1.82, 2.24) is 9.97 Å². The predicted octanol–water partition coefficient (Wildman–Crippen LogP) is 3.82. The molecule has 0 fully saturated rings. The van der Waals surface area contributed by atoms with Gasteiger partial charge in [0.05, 0.1) is 19.7 Å². The van der Waals surface area contributed by atoms with Crippen LogP contribution in [0.15, 0.2) is 36.7 Å². The first-order chi connectivity index (χ1) is 13.2. The van der Waals surface area contributed by atoms with Gasteiger partial charge < -0.3 is 20.1 Å². The second kappa shape index (κ2) is 8.12. The number of ether oxygens (including phenoxy) is 2. The Labute approximate surface area is 159 Å². The molecule has 27 heavy (non-hydrogen) atoms. The van der Waals surface area contributed by atoms with Crippen molar-refractivity contribution in [3.05, 3.63) is 47.8 Å². The van der Waals surface area contributed by atoms with E-state index in [4.69, 9.17) is 15.2 Å². The lowest BCUT2D eigenvalue weighted by Crippen LogP contribution is -2.31. The smallest absolute Gasteiger partial charge is 0.162 e. The fraction of sp³-hybridized carbons (Fsp3) is 0.333. The molecule has 0 amide bonds. The number of nitrogens with two attached hydrogens (primary N) is 1. The van der Waals surface area contributed by atoms with Gasteiger partial charge in [0, 0.05) is 30.2 Å². The van der Waals surface area contributed by atoms with Gasteiger partial charge >= 0.3 is 0 Å². The minimum absolute atomic E-state index is 0.663. The number of anilines is 2. The Bertz CT molecular complexity index is 943. The molecule has 3 aromatic rings. The number of hydrogen-bond donors (Lipinski definition) is 1. The van der Waals surface area contributed by atoms with Crippen LogP contribution in [-0.4, -0.2) is 30.7 Å². The molecule has 0 bridgehead atoms. The highest BCUT2D eigenvalue weighted by Crippen LogP contribution is 2.36. The van der Waals surface area contributed by atoms with Gasteiger partial charge in [-0.25, -0.2) is 9.97 Å². The van der Waals surface area contributed by atoms with Crippen LogP contribution in [0.25, 0.3) is 10.9 Å². The number of fused-ring (bicyclic) bond motifs is 2. The zero-order valence-electron chi connectivity index (χ0n) is 16.3. The lowest BCUT2D eigenvalue weighted by Gasteiger charge is -2.30. The van der Waals surface area contributed by atoms with E-state index in [0.717, 1.165) is 41.9 Å². The largest absolute Gasteiger partial charge is 0.493 e. The number of hydrogen-bond acceptors (Lipinski definition) is 6. The number of methoxy groups -OCH3 is 2. The third-order valence-electron chi connectivity index (χ3n) is 4.66.